The molecule has 0 aromatic heterocycles. The van der Waals surface area contributed by atoms with Gasteiger partial charge in [-0.15, -0.1) is 0 Å². The zero-order chi connectivity index (χ0) is 17.3. The number of rotatable bonds is 2. The van der Waals surface area contributed by atoms with Gasteiger partial charge in [0.25, 0.3) is 0 Å². The van der Waals surface area contributed by atoms with Crippen molar-refractivity contribution in [2.45, 2.75) is 50.4 Å². The fraction of sp³-hybridized carbons (Fsp3) is 0.588. The Morgan fingerprint density at radius 3 is 2.75 bits per heavy atom. The average molecular weight is 352 g/mol. The minimum Gasteiger partial charge on any atom is -0.493 e. The molecule has 0 bridgehead atoms. The van der Waals surface area contributed by atoms with Crippen molar-refractivity contribution in [2.75, 3.05) is 12.4 Å². The van der Waals surface area contributed by atoms with Crippen molar-refractivity contribution >= 4 is 15.9 Å². The van der Waals surface area contributed by atoms with Crippen molar-refractivity contribution in [1.82, 2.24) is 10.6 Å². The van der Waals surface area contributed by atoms with Crippen molar-refractivity contribution in [2.24, 2.45) is 0 Å². The maximum absolute atomic E-state index is 12.3. The van der Waals surface area contributed by atoms with Gasteiger partial charge in [-0.3, -0.25) is 0 Å². The van der Waals surface area contributed by atoms with Crippen LogP contribution >= 0.6 is 0 Å². The number of urea groups is 1. The summed E-state index contributed by atoms with van der Waals surface area (Å²) < 4.78 is 29.7. The van der Waals surface area contributed by atoms with Crippen LogP contribution in [0.1, 0.15) is 43.4 Å². The smallest absolute Gasteiger partial charge is 0.315 e. The number of carbonyl (C=O) groups is 1. The molecule has 6 nitrogen and oxygen atoms in total. The van der Waals surface area contributed by atoms with Crippen LogP contribution in [0.3, 0.4) is 0 Å². The summed E-state index contributed by atoms with van der Waals surface area (Å²) in [5.41, 5.74) is 2.02. The second-order valence-corrected chi connectivity index (χ2v) is 9.18. The summed E-state index contributed by atoms with van der Waals surface area (Å²) >= 11 is 0. The van der Waals surface area contributed by atoms with E-state index >= 15 is 0 Å². The van der Waals surface area contributed by atoms with Crippen LogP contribution in [0.2, 0.25) is 0 Å². The summed E-state index contributed by atoms with van der Waals surface area (Å²) in [5, 5.41) is 5.47. The van der Waals surface area contributed by atoms with Gasteiger partial charge in [-0.25, -0.2) is 13.2 Å². The fourth-order valence-electron chi connectivity index (χ4n) is 3.37. The molecule has 2 N–H and O–H groups in total. The number of sulfone groups is 1. The highest BCUT2D eigenvalue weighted by Gasteiger charge is 2.32. The van der Waals surface area contributed by atoms with Crippen molar-refractivity contribution < 1.29 is 17.9 Å². The minimum atomic E-state index is -3.11. The molecule has 2 aliphatic rings. The maximum atomic E-state index is 12.3. The lowest BCUT2D eigenvalue weighted by molar-refractivity contribution is 0.219. The highest BCUT2D eigenvalue weighted by atomic mass is 32.2. The Hall–Kier alpha value is -1.76. The topological polar surface area (TPSA) is 84.5 Å². The number of ether oxygens (including phenoxy) is 1. The molecule has 7 heteroatoms. The van der Waals surface area contributed by atoms with Crippen LogP contribution < -0.4 is 15.4 Å². The van der Waals surface area contributed by atoms with Crippen molar-refractivity contribution in [3.05, 3.63) is 29.3 Å². The summed E-state index contributed by atoms with van der Waals surface area (Å²) in [6.07, 6.45) is 1.98. The average Bonchev–Trinajstić information content (AvgIpc) is 2.52. The predicted octanol–water partition coefficient (Wildman–Crippen LogP) is 2.08. The summed E-state index contributed by atoms with van der Waals surface area (Å²) in [7, 11) is -3.11. The molecule has 132 valence electrons. The van der Waals surface area contributed by atoms with E-state index in [2.05, 4.69) is 10.6 Å². The lowest BCUT2D eigenvalue weighted by Gasteiger charge is -2.30. The second-order valence-electron chi connectivity index (χ2n) is 6.72. The van der Waals surface area contributed by atoms with E-state index in [0.29, 0.717) is 25.9 Å². The normalized spacial score (nSPS) is 28.3. The molecular weight excluding hydrogens is 328 g/mol. The molecule has 1 aromatic rings. The van der Waals surface area contributed by atoms with E-state index in [0.717, 1.165) is 16.9 Å². The number of fused-ring (bicyclic) bond motifs is 1. The van der Waals surface area contributed by atoms with Crippen molar-refractivity contribution in [3.63, 3.8) is 0 Å². The molecule has 1 aromatic carbocycles. The standard InChI is InChI=1S/C17H24N2O4S/c1-11-4-3-5-14-15(8-9-23-16(11)14)19-17(20)18-13-7-6-12(2)24(21,22)10-13/h3-5,12-13,15H,6-10H2,1-2H3,(H2,18,19,20)/t12?,13?,15-/m1/s1. The van der Waals surface area contributed by atoms with Gasteiger partial charge in [0.2, 0.25) is 0 Å². The number of nitrogens with one attached hydrogen (secondary N) is 2. The first-order valence-electron chi connectivity index (χ1n) is 8.38. The Kier molecular flexibility index (Phi) is 4.71. The zero-order valence-corrected chi connectivity index (χ0v) is 14.9. The highest BCUT2D eigenvalue weighted by Crippen LogP contribution is 2.34. The highest BCUT2D eigenvalue weighted by molar-refractivity contribution is 7.92. The van der Waals surface area contributed by atoms with Crippen LogP contribution in [0.4, 0.5) is 4.79 Å². The molecule has 1 saturated heterocycles. The lowest BCUT2D eigenvalue weighted by atomic mass is 9.98. The van der Waals surface area contributed by atoms with Crippen LogP contribution in [-0.2, 0) is 9.84 Å². The molecule has 0 radical (unpaired) electrons. The predicted molar refractivity (Wildman–Crippen MR) is 92.0 cm³/mol. The Labute approximate surface area is 142 Å². The minimum absolute atomic E-state index is 0.0189. The number of hydrogen-bond acceptors (Lipinski definition) is 4. The molecule has 1 fully saturated rings. The quantitative estimate of drug-likeness (QED) is 0.853. The largest absolute Gasteiger partial charge is 0.493 e. The van der Waals surface area contributed by atoms with E-state index in [1.54, 1.807) is 6.92 Å². The van der Waals surface area contributed by atoms with E-state index < -0.39 is 9.84 Å². The third-order valence-electron chi connectivity index (χ3n) is 4.88. The Bertz CT molecular complexity index is 732. The molecule has 3 atom stereocenters. The van der Waals surface area contributed by atoms with E-state index in [9.17, 15) is 13.2 Å². The van der Waals surface area contributed by atoms with E-state index in [1.807, 2.05) is 25.1 Å². The number of amides is 2. The molecule has 3 rings (SSSR count). The van der Waals surface area contributed by atoms with E-state index in [4.69, 9.17) is 4.74 Å². The maximum Gasteiger partial charge on any atom is 0.315 e. The van der Waals surface area contributed by atoms with Gasteiger partial charge in [-0.1, -0.05) is 18.2 Å². The Morgan fingerprint density at radius 1 is 1.21 bits per heavy atom. The number of carbonyl (C=O) groups excluding carboxylic acids is 1. The summed E-state index contributed by atoms with van der Waals surface area (Å²) in [5.74, 6) is 0.855. The molecule has 2 aliphatic heterocycles. The first-order chi connectivity index (χ1) is 11.4. The Balaban J connectivity index is 1.64. The molecule has 2 heterocycles. The fourth-order valence-corrected chi connectivity index (χ4v) is 5.01. The second kappa shape index (κ2) is 6.63. The number of benzene rings is 1. The monoisotopic (exact) mass is 352 g/mol. The van der Waals surface area contributed by atoms with Crippen LogP contribution in [0.5, 0.6) is 5.75 Å². The lowest BCUT2D eigenvalue weighted by Crippen LogP contribution is -2.49. The molecule has 2 amide bonds. The number of para-hydroxylation sites is 1. The van der Waals surface area contributed by atoms with Gasteiger partial charge in [-0.05, 0) is 32.3 Å². The van der Waals surface area contributed by atoms with Gasteiger partial charge < -0.3 is 15.4 Å². The Morgan fingerprint density at radius 2 is 2.00 bits per heavy atom. The molecular formula is C17H24N2O4S. The van der Waals surface area contributed by atoms with E-state index in [-0.39, 0.29) is 29.1 Å². The first kappa shape index (κ1) is 17.1. The van der Waals surface area contributed by atoms with Crippen molar-refractivity contribution in [3.8, 4) is 5.75 Å². The van der Waals surface area contributed by atoms with Gasteiger partial charge >= 0.3 is 6.03 Å². The van der Waals surface area contributed by atoms with E-state index in [1.165, 1.54) is 0 Å². The molecule has 0 saturated carbocycles. The van der Waals surface area contributed by atoms with Gasteiger partial charge in [-0.2, -0.15) is 0 Å². The van der Waals surface area contributed by atoms with Gasteiger partial charge in [0.1, 0.15) is 5.75 Å². The zero-order valence-electron chi connectivity index (χ0n) is 14.0. The molecule has 0 spiro atoms. The third-order valence-corrected chi connectivity index (χ3v) is 7.21. The van der Waals surface area contributed by atoms with Crippen LogP contribution in [0, 0.1) is 6.92 Å². The van der Waals surface area contributed by atoms with Crippen LogP contribution in [0.15, 0.2) is 18.2 Å². The third kappa shape index (κ3) is 3.50. The van der Waals surface area contributed by atoms with Gasteiger partial charge in [0.15, 0.2) is 9.84 Å². The summed E-state index contributed by atoms with van der Waals surface area (Å²) in [4.78, 5) is 12.3. The van der Waals surface area contributed by atoms with Gasteiger partial charge in [0, 0.05) is 18.0 Å². The van der Waals surface area contributed by atoms with Gasteiger partial charge in [0.05, 0.1) is 23.7 Å². The first-order valence-corrected chi connectivity index (χ1v) is 10.1. The SMILES string of the molecule is Cc1cccc2c1OCC[C@H]2NC(=O)NC1CCC(C)S(=O)(=O)C1. The number of hydrogen-bond donors (Lipinski definition) is 2. The van der Waals surface area contributed by atoms with Crippen molar-refractivity contribution in [1.29, 1.82) is 0 Å². The van der Waals surface area contributed by atoms with Crippen LogP contribution in [-0.4, -0.2) is 38.1 Å². The van der Waals surface area contributed by atoms with Crippen LogP contribution in [0.25, 0.3) is 0 Å². The molecule has 0 aliphatic carbocycles. The summed E-state index contributed by atoms with van der Waals surface area (Å²) in [6.45, 7) is 4.26. The summed E-state index contributed by atoms with van der Waals surface area (Å²) in [6, 6.07) is 5.14. The number of aryl methyl sites for hydroxylation is 1. The molecule has 2 unspecified atom stereocenters. The molecule has 24 heavy (non-hydrogen) atoms.